The van der Waals surface area contributed by atoms with E-state index in [1.54, 1.807) is 28.8 Å². The van der Waals surface area contributed by atoms with Gasteiger partial charge in [-0.05, 0) is 135 Å². The van der Waals surface area contributed by atoms with Gasteiger partial charge in [0.2, 0.25) is 0 Å². The van der Waals surface area contributed by atoms with Crippen LogP contribution in [0.2, 0.25) is 10.0 Å². The molecule has 4 aromatic carbocycles. The molecule has 0 spiro atoms. The third kappa shape index (κ3) is 11.0. The van der Waals surface area contributed by atoms with Gasteiger partial charge >= 0.3 is 0 Å². The van der Waals surface area contributed by atoms with E-state index in [1.807, 2.05) is 87.7 Å². The summed E-state index contributed by atoms with van der Waals surface area (Å²) in [7, 11) is 7.95. The van der Waals surface area contributed by atoms with Gasteiger partial charge in [0.1, 0.15) is 5.82 Å². The molecule has 9 nitrogen and oxygen atoms in total. The summed E-state index contributed by atoms with van der Waals surface area (Å²) in [6.07, 6.45) is 1.32. The monoisotopic (exact) mass is 940 g/mol. The first-order chi connectivity index (χ1) is 26.6. The van der Waals surface area contributed by atoms with E-state index in [0.29, 0.717) is 58.6 Å². The molecular weight excluding hydrogens is 903 g/mol. The highest BCUT2D eigenvalue weighted by molar-refractivity contribution is 9.10. The fraction of sp³-hybridized carbons (Fsp3) is 0.238. The lowest BCUT2D eigenvalue weighted by molar-refractivity contribution is -0.115. The number of amides is 1. The first kappa shape index (κ1) is 43.3. The van der Waals surface area contributed by atoms with E-state index in [2.05, 4.69) is 48.1 Å². The van der Waals surface area contributed by atoms with E-state index in [-0.39, 0.29) is 11.5 Å². The standard InChI is InChI=1S/C21H19BrClN3O.C14H18BrN3O.C7H4Cl2O/c1-25(2)9-10-26-20(13-3-6-16(23)7-4-13)24-18-12-14-11-15(22)5-8-17(14)19(18)21(26)27;1-18(2)6-5-17-14(19)13-11-4-3-10(15)7-9(11)8-12(13)16;8-6-3-1-5(2-4-6)7(9)10/h3-8,11H,9-10,12H2,1-2H3;3-4,7H,5-6,8,16H2,1-2H3,(H,17,19);1-4H. The average molecular weight is 944 g/mol. The predicted molar refractivity (Wildman–Crippen MR) is 236 cm³/mol. The fourth-order valence-electron chi connectivity index (χ4n) is 6.21. The van der Waals surface area contributed by atoms with E-state index >= 15 is 0 Å². The van der Waals surface area contributed by atoms with Crippen molar-refractivity contribution in [1.29, 1.82) is 0 Å². The molecule has 56 heavy (non-hydrogen) atoms. The molecule has 0 atom stereocenters. The van der Waals surface area contributed by atoms with Crippen LogP contribution in [-0.2, 0) is 24.2 Å². The van der Waals surface area contributed by atoms with Gasteiger partial charge < -0.3 is 20.9 Å². The van der Waals surface area contributed by atoms with Crippen LogP contribution >= 0.6 is 66.7 Å². The molecule has 7 rings (SSSR count). The summed E-state index contributed by atoms with van der Waals surface area (Å²) in [5.74, 6) is 0.615. The molecule has 1 amide bonds. The Morgan fingerprint density at radius 2 is 1.36 bits per heavy atom. The number of rotatable bonds is 9. The Morgan fingerprint density at radius 3 is 1.93 bits per heavy atom. The van der Waals surface area contributed by atoms with Crippen molar-refractivity contribution in [1.82, 2.24) is 24.7 Å². The molecule has 0 aliphatic heterocycles. The summed E-state index contributed by atoms with van der Waals surface area (Å²) in [5, 5.41) is 3.72. The molecule has 0 radical (unpaired) electrons. The van der Waals surface area contributed by atoms with Crippen LogP contribution in [0.4, 0.5) is 0 Å². The smallest absolute Gasteiger partial charge is 0.261 e. The molecule has 1 aromatic heterocycles. The van der Waals surface area contributed by atoms with Gasteiger partial charge in [0.15, 0.2) is 0 Å². The Kier molecular flexibility index (Phi) is 15.1. The van der Waals surface area contributed by atoms with E-state index < -0.39 is 5.24 Å². The Labute approximate surface area is 358 Å². The lowest BCUT2D eigenvalue weighted by Crippen LogP contribution is -2.32. The van der Waals surface area contributed by atoms with Gasteiger partial charge in [-0.15, -0.1) is 0 Å². The average Bonchev–Trinajstić information content (AvgIpc) is 3.67. The molecule has 2 aliphatic rings. The number of allylic oxidation sites excluding steroid dienone is 1. The minimum Gasteiger partial charge on any atom is -0.401 e. The number of likely N-dealkylation sites (N-methyl/N-ethyl adjacent to an activating group) is 2. The molecule has 2 aliphatic carbocycles. The van der Waals surface area contributed by atoms with Crippen LogP contribution in [0.5, 0.6) is 0 Å². The van der Waals surface area contributed by atoms with E-state index in [1.165, 1.54) is 0 Å². The number of hydrogen-bond acceptors (Lipinski definition) is 7. The zero-order valence-electron chi connectivity index (χ0n) is 31.3. The maximum atomic E-state index is 13.4. The molecule has 0 unspecified atom stereocenters. The number of nitrogens with zero attached hydrogens (tertiary/aromatic N) is 4. The fourth-order valence-corrected chi connectivity index (χ4v) is 7.40. The quantitative estimate of drug-likeness (QED) is 0.140. The molecule has 0 fully saturated rings. The maximum Gasteiger partial charge on any atom is 0.261 e. The second-order valence-electron chi connectivity index (χ2n) is 13.7. The van der Waals surface area contributed by atoms with Crippen molar-refractivity contribution in [3.8, 4) is 22.5 Å². The minimum absolute atomic E-state index is 0.0212. The van der Waals surface area contributed by atoms with Crippen molar-refractivity contribution < 1.29 is 9.59 Å². The van der Waals surface area contributed by atoms with Crippen LogP contribution < -0.4 is 16.6 Å². The number of halogens is 5. The summed E-state index contributed by atoms with van der Waals surface area (Å²) in [4.78, 5) is 45.1. The molecule has 0 saturated heterocycles. The summed E-state index contributed by atoms with van der Waals surface area (Å²) in [6, 6.07) is 25.9. The van der Waals surface area contributed by atoms with Crippen LogP contribution in [0.25, 0.3) is 28.1 Å². The highest BCUT2D eigenvalue weighted by atomic mass is 79.9. The second kappa shape index (κ2) is 19.6. The lowest BCUT2D eigenvalue weighted by Gasteiger charge is -2.17. The Balaban J connectivity index is 0.000000179. The third-order valence-electron chi connectivity index (χ3n) is 8.99. The number of nitrogens with one attached hydrogen (secondary N) is 1. The normalized spacial score (nSPS) is 12.3. The Morgan fingerprint density at radius 1 is 0.804 bits per heavy atom. The molecular formula is C42H41Br2Cl3N6O3. The largest absolute Gasteiger partial charge is 0.401 e. The number of aromatic nitrogens is 2. The van der Waals surface area contributed by atoms with Gasteiger partial charge in [-0.1, -0.05) is 67.2 Å². The van der Waals surface area contributed by atoms with Gasteiger partial charge in [0.05, 0.1) is 16.8 Å². The van der Waals surface area contributed by atoms with Crippen molar-refractivity contribution in [2.75, 3.05) is 47.8 Å². The van der Waals surface area contributed by atoms with Gasteiger partial charge in [-0.2, -0.15) is 0 Å². The Bertz CT molecular complexity index is 2330. The molecule has 1 heterocycles. The summed E-state index contributed by atoms with van der Waals surface area (Å²) in [6.45, 7) is 2.77. The number of hydrogen-bond donors (Lipinski definition) is 2. The van der Waals surface area contributed by atoms with Gasteiger partial charge in [0, 0.05) is 74.8 Å². The predicted octanol–water partition coefficient (Wildman–Crippen LogP) is 8.53. The van der Waals surface area contributed by atoms with Crippen LogP contribution in [0.1, 0.15) is 32.7 Å². The van der Waals surface area contributed by atoms with Gasteiger partial charge in [0.25, 0.3) is 16.7 Å². The highest BCUT2D eigenvalue weighted by Crippen LogP contribution is 2.36. The third-order valence-corrected chi connectivity index (χ3v) is 10.7. The first-order valence-electron chi connectivity index (χ1n) is 17.6. The van der Waals surface area contributed by atoms with Gasteiger partial charge in [-0.3, -0.25) is 19.0 Å². The first-order valence-corrected chi connectivity index (χ1v) is 20.3. The van der Waals surface area contributed by atoms with E-state index in [9.17, 15) is 14.4 Å². The zero-order chi connectivity index (χ0) is 40.7. The number of benzene rings is 4. The molecule has 0 bridgehead atoms. The maximum absolute atomic E-state index is 13.4. The minimum atomic E-state index is -0.461. The van der Waals surface area contributed by atoms with Crippen molar-refractivity contribution in [2.24, 2.45) is 5.73 Å². The van der Waals surface area contributed by atoms with Crippen molar-refractivity contribution in [3.05, 3.63) is 148 Å². The molecule has 5 aromatic rings. The Hall–Kier alpha value is -3.81. The number of fused-ring (bicyclic) bond motifs is 4. The summed E-state index contributed by atoms with van der Waals surface area (Å²) in [5.41, 5.74) is 14.4. The molecule has 0 saturated carbocycles. The topological polar surface area (TPSA) is 114 Å². The van der Waals surface area contributed by atoms with Crippen molar-refractivity contribution in [3.63, 3.8) is 0 Å². The van der Waals surface area contributed by atoms with Gasteiger partial charge in [-0.25, -0.2) is 4.98 Å². The van der Waals surface area contributed by atoms with Crippen LogP contribution in [0.15, 0.2) is 104 Å². The van der Waals surface area contributed by atoms with E-state index in [0.717, 1.165) is 61.1 Å². The number of carbonyl (C=O) groups excluding carboxylic acids is 2. The second-order valence-corrected chi connectivity index (χ2v) is 16.8. The zero-order valence-corrected chi connectivity index (χ0v) is 36.7. The van der Waals surface area contributed by atoms with Crippen LogP contribution in [-0.4, -0.2) is 78.3 Å². The van der Waals surface area contributed by atoms with Crippen LogP contribution in [0.3, 0.4) is 0 Å². The summed E-state index contributed by atoms with van der Waals surface area (Å²) < 4.78 is 3.81. The lowest BCUT2D eigenvalue weighted by atomic mass is 10.1. The van der Waals surface area contributed by atoms with Crippen molar-refractivity contribution >= 4 is 83.4 Å². The molecule has 292 valence electrons. The number of carbonyl (C=O) groups is 2. The summed E-state index contributed by atoms with van der Waals surface area (Å²) >= 11 is 23.7. The SMILES string of the molecule is CN(C)CCNC(=O)C1=C(N)Cc2cc(Br)ccc21.CN(C)CCn1c(-c2ccc(Cl)cc2)nc2c(c1=O)-c1ccc(Br)cc1C2.O=C(Cl)c1ccc(Cl)cc1. The molecule has 3 N–H and O–H groups in total. The highest BCUT2D eigenvalue weighted by Gasteiger charge is 2.27. The van der Waals surface area contributed by atoms with E-state index in [4.69, 9.17) is 45.5 Å². The molecule has 14 heteroatoms. The van der Waals surface area contributed by atoms with Crippen molar-refractivity contribution in [2.45, 2.75) is 19.4 Å². The number of nitrogens with two attached hydrogens (primary N) is 1. The van der Waals surface area contributed by atoms with Crippen LogP contribution in [0, 0.1) is 0 Å².